The SMILES string of the molecule is Cc1ccc2c(-c3ccc(N4CCN(C)CC4)nn3)cccc2n1. The highest BCUT2D eigenvalue weighted by molar-refractivity contribution is 5.93. The van der Waals surface area contributed by atoms with Gasteiger partial charge < -0.3 is 9.80 Å². The van der Waals surface area contributed by atoms with Crippen LogP contribution in [0.25, 0.3) is 22.2 Å². The monoisotopic (exact) mass is 319 g/mol. The van der Waals surface area contributed by atoms with Crippen LogP contribution in [-0.2, 0) is 0 Å². The van der Waals surface area contributed by atoms with Gasteiger partial charge in [-0.05, 0) is 38.2 Å². The number of rotatable bonds is 2. The Morgan fingerprint density at radius 2 is 1.71 bits per heavy atom. The maximum absolute atomic E-state index is 4.60. The smallest absolute Gasteiger partial charge is 0.151 e. The van der Waals surface area contributed by atoms with Crippen molar-refractivity contribution in [2.24, 2.45) is 0 Å². The van der Waals surface area contributed by atoms with Crippen molar-refractivity contribution in [2.75, 3.05) is 38.1 Å². The summed E-state index contributed by atoms with van der Waals surface area (Å²) < 4.78 is 0. The summed E-state index contributed by atoms with van der Waals surface area (Å²) in [7, 11) is 2.16. The highest BCUT2D eigenvalue weighted by atomic mass is 15.3. The van der Waals surface area contributed by atoms with E-state index in [4.69, 9.17) is 0 Å². The molecule has 1 saturated heterocycles. The number of nitrogens with zero attached hydrogens (tertiary/aromatic N) is 5. The lowest BCUT2D eigenvalue weighted by molar-refractivity contribution is 0.312. The van der Waals surface area contributed by atoms with Gasteiger partial charge in [0.2, 0.25) is 0 Å². The molecule has 1 fully saturated rings. The Morgan fingerprint density at radius 3 is 2.46 bits per heavy atom. The van der Waals surface area contributed by atoms with E-state index >= 15 is 0 Å². The second-order valence-corrected chi connectivity index (χ2v) is 6.39. The van der Waals surface area contributed by atoms with Gasteiger partial charge in [-0.3, -0.25) is 4.98 Å². The van der Waals surface area contributed by atoms with Crippen LogP contribution in [-0.4, -0.2) is 53.3 Å². The zero-order valence-electron chi connectivity index (χ0n) is 14.1. The number of pyridine rings is 1. The number of aromatic nitrogens is 3. The van der Waals surface area contributed by atoms with Gasteiger partial charge in [0.05, 0.1) is 11.2 Å². The van der Waals surface area contributed by atoms with Crippen molar-refractivity contribution in [3.8, 4) is 11.3 Å². The minimum atomic E-state index is 0.893. The number of hydrogen-bond acceptors (Lipinski definition) is 5. The van der Waals surface area contributed by atoms with Crippen LogP contribution in [0.3, 0.4) is 0 Å². The third-order valence-electron chi connectivity index (χ3n) is 4.62. The first-order valence-electron chi connectivity index (χ1n) is 8.35. The largest absolute Gasteiger partial charge is 0.353 e. The molecule has 3 heterocycles. The molecule has 0 bridgehead atoms. The van der Waals surface area contributed by atoms with Gasteiger partial charge in [-0.2, -0.15) is 0 Å². The summed E-state index contributed by atoms with van der Waals surface area (Å²) in [5, 5.41) is 10.1. The molecular formula is C19H21N5. The van der Waals surface area contributed by atoms with E-state index in [2.05, 4.69) is 56.3 Å². The Hall–Kier alpha value is -2.53. The highest BCUT2D eigenvalue weighted by Gasteiger charge is 2.16. The second-order valence-electron chi connectivity index (χ2n) is 6.39. The molecule has 1 aliphatic rings. The number of anilines is 1. The normalized spacial score (nSPS) is 15.8. The van der Waals surface area contributed by atoms with E-state index in [1.165, 1.54) is 0 Å². The maximum Gasteiger partial charge on any atom is 0.151 e. The number of likely N-dealkylation sites (N-methyl/N-ethyl adjacent to an activating group) is 1. The van der Waals surface area contributed by atoms with Crippen molar-refractivity contribution in [2.45, 2.75) is 6.92 Å². The molecule has 0 amide bonds. The molecule has 2 aromatic heterocycles. The zero-order valence-corrected chi connectivity index (χ0v) is 14.1. The van der Waals surface area contributed by atoms with E-state index in [0.717, 1.165) is 59.9 Å². The fraction of sp³-hybridized carbons (Fsp3) is 0.316. The van der Waals surface area contributed by atoms with Gasteiger partial charge in [0.1, 0.15) is 0 Å². The molecule has 1 aliphatic heterocycles. The van der Waals surface area contributed by atoms with Crippen molar-refractivity contribution >= 4 is 16.7 Å². The average Bonchev–Trinajstić information content (AvgIpc) is 2.62. The summed E-state index contributed by atoms with van der Waals surface area (Å²) in [5.74, 6) is 0.959. The van der Waals surface area contributed by atoms with Gasteiger partial charge in [-0.1, -0.05) is 18.2 Å². The van der Waals surface area contributed by atoms with Crippen LogP contribution in [0, 0.1) is 6.92 Å². The molecule has 24 heavy (non-hydrogen) atoms. The molecule has 5 nitrogen and oxygen atoms in total. The van der Waals surface area contributed by atoms with Gasteiger partial charge in [0.25, 0.3) is 0 Å². The van der Waals surface area contributed by atoms with E-state index < -0.39 is 0 Å². The third kappa shape index (κ3) is 2.83. The lowest BCUT2D eigenvalue weighted by Gasteiger charge is -2.32. The number of hydrogen-bond donors (Lipinski definition) is 0. The first kappa shape index (κ1) is 15.0. The standard InChI is InChI=1S/C19H21N5/c1-14-6-7-16-15(4-3-5-17(16)20-14)18-8-9-19(22-21-18)24-12-10-23(2)11-13-24/h3-9H,10-13H2,1-2H3. The fourth-order valence-corrected chi connectivity index (χ4v) is 3.15. The highest BCUT2D eigenvalue weighted by Crippen LogP contribution is 2.27. The van der Waals surface area contributed by atoms with Crippen molar-refractivity contribution in [3.63, 3.8) is 0 Å². The molecule has 5 heteroatoms. The van der Waals surface area contributed by atoms with Crippen LogP contribution < -0.4 is 4.90 Å². The third-order valence-corrected chi connectivity index (χ3v) is 4.62. The van der Waals surface area contributed by atoms with Crippen molar-refractivity contribution in [1.29, 1.82) is 0 Å². The first-order valence-corrected chi connectivity index (χ1v) is 8.35. The van der Waals surface area contributed by atoms with Gasteiger partial charge in [-0.25, -0.2) is 0 Å². The predicted octanol–water partition coefficient (Wildman–Crippen LogP) is 2.75. The van der Waals surface area contributed by atoms with Gasteiger partial charge in [0.15, 0.2) is 5.82 Å². The quantitative estimate of drug-likeness (QED) is 0.727. The lowest BCUT2D eigenvalue weighted by atomic mass is 10.0. The topological polar surface area (TPSA) is 45.2 Å². The number of piperazine rings is 1. The average molecular weight is 319 g/mol. The van der Waals surface area contributed by atoms with Crippen LogP contribution in [0.15, 0.2) is 42.5 Å². The Balaban J connectivity index is 1.66. The van der Waals surface area contributed by atoms with Crippen molar-refractivity contribution in [1.82, 2.24) is 20.1 Å². The number of fused-ring (bicyclic) bond motifs is 1. The van der Waals surface area contributed by atoms with E-state index in [-0.39, 0.29) is 0 Å². The van der Waals surface area contributed by atoms with Crippen LogP contribution in [0.2, 0.25) is 0 Å². The van der Waals surface area contributed by atoms with Gasteiger partial charge >= 0.3 is 0 Å². The first-order chi connectivity index (χ1) is 11.7. The predicted molar refractivity (Wildman–Crippen MR) is 97.2 cm³/mol. The van der Waals surface area contributed by atoms with E-state index in [9.17, 15) is 0 Å². The Labute approximate surface area is 142 Å². The molecule has 0 atom stereocenters. The molecule has 0 unspecified atom stereocenters. The maximum atomic E-state index is 4.60. The molecule has 4 rings (SSSR count). The summed E-state index contributed by atoms with van der Waals surface area (Å²) >= 11 is 0. The van der Waals surface area contributed by atoms with E-state index in [0.29, 0.717) is 0 Å². The summed E-state index contributed by atoms with van der Waals surface area (Å²) in [4.78, 5) is 9.23. The minimum absolute atomic E-state index is 0.893. The van der Waals surface area contributed by atoms with Crippen molar-refractivity contribution < 1.29 is 0 Å². The van der Waals surface area contributed by atoms with Crippen LogP contribution in [0.5, 0.6) is 0 Å². The molecule has 0 saturated carbocycles. The Bertz CT molecular complexity index is 851. The molecule has 1 aromatic carbocycles. The van der Waals surface area contributed by atoms with E-state index in [1.54, 1.807) is 0 Å². The molecular weight excluding hydrogens is 298 g/mol. The summed E-state index contributed by atoms with van der Waals surface area (Å²) in [5.41, 5.74) is 4.00. The molecule has 0 N–H and O–H groups in total. The number of benzene rings is 1. The van der Waals surface area contributed by atoms with Crippen LogP contribution in [0.1, 0.15) is 5.69 Å². The Morgan fingerprint density at radius 1 is 0.875 bits per heavy atom. The summed E-state index contributed by atoms with van der Waals surface area (Å²) in [6.07, 6.45) is 0. The molecule has 0 radical (unpaired) electrons. The zero-order chi connectivity index (χ0) is 16.5. The molecule has 0 spiro atoms. The Kier molecular flexibility index (Phi) is 3.86. The van der Waals surface area contributed by atoms with E-state index in [1.807, 2.05) is 25.1 Å². The summed E-state index contributed by atoms with van der Waals surface area (Å²) in [6, 6.07) is 14.4. The van der Waals surface area contributed by atoms with Gasteiger partial charge in [0, 0.05) is 42.8 Å². The second kappa shape index (κ2) is 6.17. The molecule has 122 valence electrons. The fourth-order valence-electron chi connectivity index (χ4n) is 3.15. The van der Waals surface area contributed by atoms with Gasteiger partial charge in [-0.15, -0.1) is 10.2 Å². The minimum Gasteiger partial charge on any atom is -0.353 e. The lowest BCUT2D eigenvalue weighted by Crippen LogP contribution is -2.44. The molecule has 0 aliphatic carbocycles. The summed E-state index contributed by atoms with van der Waals surface area (Å²) in [6.45, 7) is 6.15. The number of aryl methyl sites for hydroxylation is 1. The van der Waals surface area contributed by atoms with Crippen molar-refractivity contribution in [3.05, 3.63) is 48.2 Å². The van der Waals surface area contributed by atoms with Crippen LogP contribution in [0.4, 0.5) is 5.82 Å². The van der Waals surface area contributed by atoms with Crippen LogP contribution >= 0.6 is 0 Å². The molecule has 3 aromatic rings.